The van der Waals surface area contributed by atoms with E-state index in [-0.39, 0.29) is 10.5 Å². The molecule has 0 saturated heterocycles. The second-order valence-corrected chi connectivity index (χ2v) is 3.25. The zero-order valence-electron chi connectivity index (χ0n) is 7.30. The van der Waals surface area contributed by atoms with Gasteiger partial charge in [0.1, 0.15) is 0 Å². The van der Waals surface area contributed by atoms with E-state index in [9.17, 15) is 13.2 Å². The number of halogens is 3. The molecule has 1 heterocycles. The lowest BCUT2D eigenvalue weighted by atomic mass is 10.3. The number of hydrogen-bond donors (Lipinski definition) is 1. The summed E-state index contributed by atoms with van der Waals surface area (Å²) in [5.41, 5.74) is 0.137. The van der Waals surface area contributed by atoms with Crippen LogP contribution >= 0.6 is 12.2 Å². The van der Waals surface area contributed by atoms with Crippen LogP contribution < -0.4 is 0 Å². The summed E-state index contributed by atoms with van der Waals surface area (Å²) >= 11 is 4.86. The first-order valence-electron chi connectivity index (χ1n) is 4.00. The maximum absolute atomic E-state index is 12.9. The molecule has 1 N–H and O–H groups in total. The molecule has 15 heavy (non-hydrogen) atoms. The van der Waals surface area contributed by atoms with Crippen molar-refractivity contribution in [2.75, 3.05) is 0 Å². The van der Waals surface area contributed by atoms with E-state index in [2.05, 4.69) is 4.98 Å². The highest BCUT2D eigenvalue weighted by Crippen LogP contribution is 2.16. The van der Waals surface area contributed by atoms with E-state index in [1.54, 1.807) is 0 Å². The minimum atomic E-state index is -1.49. The number of nitrogens with one attached hydrogen (secondary N) is 1. The van der Waals surface area contributed by atoms with E-state index >= 15 is 0 Å². The lowest BCUT2D eigenvalue weighted by molar-refractivity contribution is 0.446. The van der Waals surface area contributed by atoms with Crippen molar-refractivity contribution >= 4 is 12.2 Å². The van der Waals surface area contributed by atoms with Gasteiger partial charge in [-0.05, 0) is 12.2 Å². The average molecular weight is 230 g/mol. The molecule has 0 bridgehead atoms. The highest BCUT2D eigenvalue weighted by atomic mass is 32.1. The Hall–Kier alpha value is -1.56. The standard InChI is InChI=1S/C9H5F3N2S/c10-6-3-5(4-7(11)8(6)12)14-2-1-13-9(14)15/h1-4H,(H,13,15). The molecule has 6 heteroatoms. The van der Waals surface area contributed by atoms with Crippen LogP contribution in [0.15, 0.2) is 24.5 Å². The number of aromatic amines is 1. The first kappa shape index (κ1) is 9.97. The lowest BCUT2D eigenvalue weighted by Crippen LogP contribution is -1.98. The van der Waals surface area contributed by atoms with Crippen LogP contribution in [0.3, 0.4) is 0 Å². The fraction of sp³-hybridized carbons (Fsp3) is 0. The van der Waals surface area contributed by atoms with Crippen LogP contribution in [0.1, 0.15) is 0 Å². The smallest absolute Gasteiger partial charge is 0.194 e. The molecule has 0 saturated carbocycles. The van der Waals surface area contributed by atoms with Crippen LogP contribution in [-0.2, 0) is 0 Å². The fourth-order valence-electron chi connectivity index (χ4n) is 1.20. The SMILES string of the molecule is Fc1cc(-n2cc[nH]c2=S)cc(F)c1F. The van der Waals surface area contributed by atoms with Gasteiger partial charge in [0.25, 0.3) is 0 Å². The Balaban J connectivity index is 2.66. The van der Waals surface area contributed by atoms with Gasteiger partial charge in [0.05, 0.1) is 5.69 Å². The molecule has 0 fully saturated rings. The fourth-order valence-corrected chi connectivity index (χ4v) is 1.44. The third-order valence-corrected chi connectivity index (χ3v) is 2.21. The molecule has 0 aliphatic carbocycles. The Kier molecular flexibility index (Phi) is 2.36. The molecular weight excluding hydrogens is 225 g/mol. The molecule has 0 aliphatic heterocycles. The maximum atomic E-state index is 12.9. The number of nitrogens with zero attached hydrogens (tertiary/aromatic N) is 1. The number of benzene rings is 1. The van der Waals surface area contributed by atoms with Crippen molar-refractivity contribution in [3.05, 3.63) is 46.7 Å². The largest absolute Gasteiger partial charge is 0.337 e. The van der Waals surface area contributed by atoms with Gasteiger partial charge in [0.15, 0.2) is 22.2 Å². The molecular formula is C9H5F3N2S. The van der Waals surface area contributed by atoms with Gasteiger partial charge in [-0.25, -0.2) is 13.2 Å². The second kappa shape index (κ2) is 3.54. The molecule has 0 aliphatic rings. The van der Waals surface area contributed by atoms with Crippen molar-refractivity contribution in [2.24, 2.45) is 0 Å². The molecule has 0 unspecified atom stereocenters. The lowest BCUT2D eigenvalue weighted by Gasteiger charge is -2.03. The summed E-state index contributed by atoms with van der Waals surface area (Å²) in [7, 11) is 0. The Bertz CT molecular complexity index is 535. The van der Waals surface area contributed by atoms with Crippen LogP contribution in [0.5, 0.6) is 0 Å². The molecule has 0 atom stereocenters. The summed E-state index contributed by atoms with van der Waals surface area (Å²) in [5, 5.41) is 0. The number of rotatable bonds is 1. The van der Waals surface area contributed by atoms with E-state index in [1.165, 1.54) is 17.0 Å². The van der Waals surface area contributed by atoms with Crippen LogP contribution in [0.2, 0.25) is 0 Å². The Morgan fingerprint density at radius 2 is 1.73 bits per heavy atom. The summed E-state index contributed by atoms with van der Waals surface area (Å²) < 4.78 is 40.1. The molecule has 78 valence electrons. The second-order valence-electron chi connectivity index (χ2n) is 2.86. The summed E-state index contributed by atoms with van der Waals surface area (Å²) in [4.78, 5) is 2.66. The van der Waals surface area contributed by atoms with Crippen LogP contribution in [0.25, 0.3) is 5.69 Å². The molecule has 0 amide bonds. The third kappa shape index (κ3) is 1.68. The van der Waals surface area contributed by atoms with E-state index < -0.39 is 17.5 Å². The van der Waals surface area contributed by atoms with Gasteiger partial charge >= 0.3 is 0 Å². The van der Waals surface area contributed by atoms with Crippen molar-refractivity contribution in [2.45, 2.75) is 0 Å². The summed E-state index contributed by atoms with van der Waals surface area (Å²) in [5.74, 6) is -3.97. The summed E-state index contributed by atoms with van der Waals surface area (Å²) in [6.45, 7) is 0. The van der Waals surface area contributed by atoms with Gasteiger partial charge in [-0.1, -0.05) is 0 Å². The highest BCUT2D eigenvalue weighted by Gasteiger charge is 2.11. The maximum Gasteiger partial charge on any atom is 0.194 e. The zero-order valence-corrected chi connectivity index (χ0v) is 8.12. The van der Waals surface area contributed by atoms with Gasteiger partial charge in [-0.3, -0.25) is 4.57 Å². The molecule has 2 rings (SSSR count). The monoisotopic (exact) mass is 230 g/mol. The third-order valence-electron chi connectivity index (χ3n) is 1.90. The van der Waals surface area contributed by atoms with Crippen molar-refractivity contribution in [3.63, 3.8) is 0 Å². The predicted molar refractivity (Wildman–Crippen MR) is 50.8 cm³/mol. The van der Waals surface area contributed by atoms with Crippen molar-refractivity contribution in [1.82, 2.24) is 9.55 Å². The zero-order chi connectivity index (χ0) is 11.0. The summed E-state index contributed by atoms with van der Waals surface area (Å²) in [6, 6.07) is 1.75. The average Bonchev–Trinajstić information content (AvgIpc) is 2.60. The molecule has 2 aromatic rings. The molecule has 1 aromatic heterocycles. The van der Waals surface area contributed by atoms with Crippen LogP contribution in [0.4, 0.5) is 13.2 Å². The van der Waals surface area contributed by atoms with Gasteiger partial charge in [0.2, 0.25) is 0 Å². The minimum absolute atomic E-state index is 0.137. The Morgan fingerprint density at radius 3 is 2.20 bits per heavy atom. The van der Waals surface area contributed by atoms with Crippen LogP contribution in [-0.4, -0.2) is 9.55 Å². The number of aromatic nitrogens is 2. The summed E-state index contributed by atoms with van der Waals surface area (Å²) in [6.07, 6.45) is 3.01. The normalized spacial score (nSPS) is 10.6. The Morgan fingerprint density at radius 1 is 1.13 bits per heavy atom. The van der Waals surface area contributed by atoms with Crippen molar-refractivity contribution in [3.8, 4) is 5.69 Å². The molecule has 0 spiro atoms. The first-order valence-corrected chi connectivity index (χ1v) is 4.41. The number of H-pyrrole nitrogens is 1. The number of hydrogen-bond acceptors (Lipinski definition) is 1. The molecule has 0 radical (unpaired) electrons. The van der Waals surface area contributed by atoms with Gasteiger partial charge in [-0.15, -0.1) is 0 Å². The van der Waals surface area contributed by atoms with E-state index in [0.29, 0.717) is 0 Å². The minimum Gasteiger partial charge on any atom is -0.337 e. The highest BCUT2D eigenvalue weighted by molar-refractivity contribution is 7.71. The predicted octanol–water partition coefficient (Wildman–Crippen LogP) is 2.95. The van der Waals surface area contributed by atoms with Gasteiger partial charge in [0, 0.05) is 24.5 Å². The molecule has 1 aromatic carbocycles. The Labute approximate surface area is 88.0 Å². The molecule has 2 nitrogen and oxygen atoms in total. The van der Waals surface area contributed by atoms with E-state index in [4.69, 9.17) is 12.2 Å². The number of imidazole rings is 1. The quantitative estimate of drug-likeness (QED) is 0.590. The van der Waals surface area contributed by atoms with Gasteiger partial charge in [-0.2, -0.15) is 0 Å². The van der Waals surface area contributed by atoms with E-state index in [0.717, 1.165) is 12.1 Å². The first-order chi connectivity index (χ1) is 7.09. The van der Waals surface area contributed by atoms with Crippen molar-refractivity contribution in [1.29, 1.82) is 0 Å². The van der Waals surface area contributed by atoms with Crippen molar-refractivity contribution < 1.29 is 13.2 Å². The van der Waals surface area contributed by atoms with Gasteiger partial charge < -0.3 is 4.98 Å². The van der Waals surface area contributed by atoms with E-state index in [1.807, 2.05) is 0 Å². The topological polar surface area (TPSA) is 20.7 Å². The van der Waals surface area contributed by atoms with Crippen LogP contribution in [0, 0.1) is 22.2 Å².